The van der Waals surface area contributed by atoms with E-state index >= 15 is 0 Å². The van der Waals surface area contributed by atoms with E-state index in [2.05, 4.69) is 30.5 Å². The Labute approximate surface area is 173 Å². The van der Waals surface area contributed by atoms with Gasteiger partial charge in [-0.2, -0.15) is 0 Å². The van der Waals surface area contributed by atoms with Gasteiger partial charge in [0.2, 0.25) is 0 Å². The average Bonchev–Trinajstić information content (AvgIpc) is 2.76. The largest absolute Gasteiger partial charge is 0.353 e. The highest BCUT2D eigenvalue weighted by Gasteiger charge is 2.22. The highest BCUT2D eigenvalue weighted by atomic mass is 35.5. The molecule has 0 saturated carbocycles. The maximum Gasteiger partial charge on any atom is 0.321 e. The zero-order valence-corrected chi connectivity index (χ0v) is 16.4. The molecular weight excluding hydrogens is 390 g/mol. The highest BCUT2D eigenvalue weighted by molar-refractivity contribution is 6.30. The minimum Gasteiger partial charge on any atom is -0.353 e. The minimum absolute atomic E-state index is 0.118. The molecule has 0 radical (unpaired) electrons. The molecule has 1 saturated heterocycles. The van der Waals surface area contributed by atoms with E-state index in [0.717, 1.165) is 17.3 Å². The summed E-state index contributed by atoms with van der Waals surface area (Å²) in [5.74, 6) is 2.22. The number of hydrogen-bond acceptors (Lipinski definition) is 6. The molecule has 29 heavy (non-hydrogen) atoms. The number of anilines is 4. The van der Waals surface area contributed by atoms with Crippen LogP contribution in [0.5, 0.6) is 0 Å². The van der Waals surface area contributed by atoms with Gasteiger partial charge in [-0.1, -0.05) is 17.7 Å². The van der Waals surface area contributed by atoms with Crippen molar-refractivity contribution in [1.82, 2.24) is 19.9 Å². The monoisotopic (exact) mass is 409 g/mol. The van der Waals surface area contributed by atoms with E-state index in [1.807, 2.05) is 24.3 Å². The summed E-state index contributed by atoms with van der Waals surface area (Å²) in [6, 6.07) is 14.5. The second-order valence-electron chi connectivity index (χ2n) is 6.51. The molecule has 3 heterocycles. The lowest BCUT2D eigenvalue weighted by molar-refractivity contribution is 0.208. The standard InChI is InChI=1S/C20H20ClN7O/c21-15-4-6-16(7-5-15)25-20(29)28-11-9-27(10-12-28)19-13-18(23-14-24-19)26-17-3-1-2-8-22-17/h1-8,13-14H,9-12H2,(H,25,29)(H,22,23,24,26). The van der Waals surface area contributed by atoms with Crippen molar-refractivity contribution < 1.29 is 4.79 Å². The molecule has 1 aliphatic rings. The van der Waals surface area contributed by atoms with Crippen molar-refractivity contribution in [3.63, 3.8) is 0 Å². The lowest BCUT2D eigenvalue weighted by atomic mass is 10.3. The van der Waals surface area contributed by atoms with Gasteiger partial charge in [0.15, 0.2) is 0 Å². The summed E-state index contributed by atoms with van der Waals surface area (Å²) in [6.07, 6.45) is 3.25. The number of amides is 2. The zero-order chi connectivity index (χ0) is 20.1. The molecule has 1 aliphatic heterocycles. The molecule has 3 aromatic rings. The fourth-order valence-electron chi connectivity index (χ4n) is 3.03. The number of piperazine rings is 1. The van der Waals surface area contributed by atoms with Crippen LogP contribution in [0.2, 0.25) is 5.02 Å². The van der Waals surface area contributed by atoms with Crippen LogP contribution in [-0.2, 0) is 0 Å². The van der Waals surface area contributed by atoms with E-state index in [1.54, 1.807) is 35.4 Å². The quantitative estimate of drug-likeness (QED) is 0.684. The molecular formula is C20H20ClN7O. The summed E-state index contributed by atoms with van der Waals surface area (Å²) in [6.45, 7) is 2.58. The predicted octanol–water partition coefficient (Wildman–Crippen LogP) is 3.62. The Kier molecular flexibility index (Phi) is 5.71. The van der Waals surface area contributed by atoms with Gasteiger partial charge in [0, 0.05) is 49.2 Å². The SMILES string of the molecule is O=C(Nc1ccc(Cl)cc1)N1CCN(c2cc(Nc3ccccn3)ncn2)CC1. The van der Waals surface area contributed by atoms with Crippen molar-refractivity contribution >= 4 is 40.8 Å². The summed E-state index contributed by atoms with van der Waals surface area (Å²) in [5, 5.41) is 6.70. The van der Waals surface area contributed by atoms with Gasteiger partial charge in [-0.25, -0.2) is 19.7 Å². The number of carbonyl (C=O) groups excluding carboxylic acids is 1. The molecule has 2 N–H and O–H groups in total. The summed E-state index contributed by atoms with van der Waals surface area (Å²) in [4.78, 5) is 29.3. The number of urea groups is 1. The maximum absolute atomic E-state index is 12.5. The molecule has 4 rings (SSSR count). The number of rotatable bonds is 4. The maximum atomic E-state index is 12.5. The van der Waals surface area contributed by atoms with Gasteiger partial charge in [-0.05, 0) is 36.4 Å². The van der Waals surface area contributed by atoms with Crippen LogP contribution in [0.4, 0.5) is 27.9 Å². The van der Waals surface area contributed by atoms with Crippen molar-refractivity contribution in [3.05, 3.63) is 66.1 Å². The Morgan fingerprint density at radius 1 is 0.931 bits per heavy atom. The number of pyridine rings is 1. The lowest BCUT2D eigenvalue weighted by Crippen LogP contribution is -2.50. The van der Waals surface area contributed by atoms with Gasteiger partial charge in [0.05, 0.1) is 0 Å². The van der Waals surface area contributed by atoms with Gasteiger partial charge in [-0.3, -0.25) is 0 Å². The molecule has 2 amide bonds. The molecule has 1 fully saturated rings. The van der Waals surface area contributed by atoms with Crippen molar-refractivity contribution in [3.8, 4) is 0 Å². The number of halogens is 1. The summed E-state index contributed by atoms with van der Waals surface area (Å²) < 4.78 is 0. The molecule has 0 atom stereocenters. The summed E-state index contributed by atoms with van der Waals surface area (Å²) in [7, 11) is 0. The van der Waals surface area contributed by atoms with Crippen LogP contribution < -0.4 is 15.5 Å². The Balaban J connectivity index is 1.34. The molecule has 9 heteroatoms. The van der Waals surface area contributed by atoms with Crippen LogP contribution >= 0.6 is 11.6 Å². The number of benzene rings is 1. The van der Waals surface area contributed by atoms with E-state index in [1.165, 1.54) is 6.33 Å². The average molecular weight is 410 g/mol. The first kappa shape index (κ1) is 18.9. The second kappa shape index (κ2) is 8.74. The normalized spacial score (nSPS) is 13.8. The molecule has 1 aromatic carbocycles. The van der Waals surface area contributed by atoms with Crippen LogP contribution in [0.15, 0.2) is 61.1 Å². The number of carbonyl (C=O) groups is 1. The molecule has 0 aliphatic carbocycles. The third-order valence-electron chi connectivity index (χ3n) is 4.56. The van der Waals surface area contributed by atoms with Crippen molar-refractivity contribution in [2.75, 3.05) is 41.7 Å². The van der Waals surface area contributed by atoms with Crippen LogP contribution in [0.3, 0.4) is 0 Å². The zero-order valence-electron chi connectivity index (χ0n) is 15.6. The smallest absolute Gasteiger partial charge is 0.321 e. The summed E-state index contributed by atoms with van der Waals surface area (Å²) >= 11 is 5.88. The number of nitrogens with zero attached hydrogens (tertiary/aromatic N) is 5. The second-order valence-corrected chi connectivity index (χ2v) is 6.95. The van der Waals surface area contributed by atoms with Gasteiger partial charge < -0.3 is 20.4 Å². The Hall–Kier alpha value is -3.39. The van der Waals surface area contributed by atoms with Gasteiger partial charge in [-0.15, -0.1) is 0 Å². The van der Waals surface area contributed by atoms with E-state index in [9.17, 15) is 4.79 Å². The van der Waals surface area contributed by atoms with E-state index < -0.39 is 0 Å². The van der Waals surface area contributed by atoms with Crippen molar-refractivity contribution in [2.24, 2.45) is 0 Å². The number of nitrogens with one attached hydrogen (secondary N) is 2. The van der Waals surface area contributed by atoms with Crippen LogP contribution in [0.25, 0.3) is 0 Å². The first-order valence-electron chi connectivity index (χ1n) is 9.24. The van der Waals surface area contributed by atoms with Crippen molar-refractivity contribution in [2.45, 2.75) is 0 Å². The van der Waals surface area contributed by atoms with Crippen LogP contribution in [0.1, 0.15) is 0 Å². The topological polar surface area (TPSA) is 86.3 Å². The third-order valence-corrected chi connectivity index (χ3v) is 4.81. The van der Waals surface area contributed by atoms with Crippen molar-refractivity contribution in [1.29, 1.82) is 0 Å². The van der Waals surface area contributed by atoms with E-state index in [4.69, 9.17) is 11.6 Å². The first-order chi connectivity index (χ1) is 14.2. The van der Waals surface area contributed by atoms with Gasteiger partial charge >= 0.3 is 6.03 Å². The van der Waals surface area contributed by atoms with Gasteiger partial charge in [0.25, 0.3) is 0 Å². The Morgan fingerprint density at radius 3 is 2.45 bits per heavy atom. The minimum atomic E-state index is -0.118. The van der Waals surface area contributed by atoms with E-state index in [0.29, 0.717) is 37.0 Å². The fraction of sp³-hybridized carbons (Fsp3) is 0.200. The molecule has 8 nitrogen and oxygen atoms in total. The number of hydrogen-bond donors (Lipinski definition) is 2. The first-order valence-corrected chi connectivity index (χ1v) is 9.62. The molecule has 148 valence electrons. The summed E-state index contributed by atoms with van der Waals surface area (Å²) in [5.41, 5.74) is 0.725. The van der Waals surface area contributed by atoms with E-state index in [-0.39, 0.29) is 6.03 Å². The molecule has 0 spiro atoms. The lowest BCUT2D eigenvalue weighted by Gasteiger charge is -2.35. The number of aromatic nitrogens is 3. The third kappa shape index (κ3) is 4.91. The highest BCUT2D eigenvalue weighted by Crippen LogP contribution is 2.19. The molecule has 0 bridgehead atoms. The predicted molar refractivity (Wildman–Crippen MR) is 114 cm³/mol. The Morgan fingerprint density at radius 2 is 1.72 bits per heavy atom. The van der Waals surface area contributed by atoms with Gasteiger partial charge in [0.1, 0.15) is 23.8 Å². The Bertz CT molecular complexity index is 960. The van der Waals surface area contributed by atoms with Crippen LogP contribution in [0, 0.1) is 0 Å². The van der Waals surface area contributed by atoms with Crippen LogP contribution in [-0.4, -0.2) is 52.1 Å². The fourth-order valence-corrected chi connectivity index (χ4v) is 3.16. The molecule has 2 aromatic heterocycles. The molecule has 0 unspecified atom stereocenters.